The number of ether oxygens (including phenoxy) is 1. The molecule has 3 aromatic heterocycles. The second kappa shape index (κ2) is 8.63. The van der Waals surface area contributed by atoms with Gasteiger partial charge in [0.25, 0.3) is 0 Å². The van der Waals surface area contributed by atoms with Crippen LogP contribution in [0.25, 0.3) is 22.7 Å². The molecule has 5 rings (SSSR count). The number of hydrogen-bond donors (Lipinski definition) is 2. The van der Waals surface area contributed by atoms with Crippen LogP contribution in [0.2, 0.25) is 0 Å². The monoisotopic (exact) mass is 469 g/mol. The highest BCUT2D eigenvalue weighted by Gasteiger charge is 2.21. The number of anilines is 2. The number of carbonyl (C=O) groups is 1. The number of hydrogen-bond acceptors (Lipinski definition) is 7. The fourth-order valence-electron chi connectivity index (χ4n) is 3.63. The standard InChI is InChI=1S/C24H19N7O4/c1-29(24(33)34)15-6-5-7-16(12-15)30-22-20(21(25)27-14-28-22)31(23(30)32)19-11-10-18(13-26-19)35-17-8-3-2-4-9-17/h2-14H,1H3,(H,33,34)(H2,25,27,28). The number of amides is 1. The van der Waals surface area contributed by atoms with Gasteiger partial charge in [0.1, 0.15) is 29.2 Å². The molecule has 0 aliphatic rings. The highest BCUT2D eigenvalue weighted by atomic mass is 16.5. The lowest BCUT2D eigenvalue weighted by molar-refractivity contribution is 0.203. The molecule has 1 amide bonds. The minimum atomic E-state index is -1.13. The van der Waals surface area contributed by atoms with E-state index < -0.39 is 11.8 Å². The summed E-state index contributed by atoms with van der Waals surface area (Å²) in [5, 5.41) is 9.33. The van der Waals surface area contributed by atoms with Gasteiger partial charge in [0.05, 0.1) is 11.9 Å². The molecule has 0 saturated heterocycles. The summed E-state index contributed by atoms with van der Waals surface area (Å²) in [4.78, 5) is 38.8. The van der Waals surface area contributed by atoms with Crippen LogP contribution in [0.4, 0.5) is 16.3 Å². The molecule has 0 bridgehead atoms. The lowest BCUT2D eigenvalue weighted by Gasteiger charge is -2.14. The molecule has 0 atom stereocenters. The van der Waals surface area contributed by atoms with E-state index in [1.165, 1.54) is 28.7 Å². The summed E-state index contributed by atoms with van der Waals surface area (Å²) in [7, 11) is 1.41. The van der Waals surface area contributed by atoms with Gasteiger partial charge in [-0.05, 0) is 42.5 Å². The van der Waals surface area contributed by atoms with Crippen LogP contribution in [-0.2, 0) is 0 Å². The molecule has 2 aromatic carbocycles. The molecule has 3 heterocycles. The molecule has 0 saturated carbocycles. The van der Waals surface area contributed by atoms with Gasteiger partial charge in [0.2, 0.25) is 0 Å². The highest BCUT2D eigenvalue weighted by Crippen LogP contribution is 2.26. The maximum absolute atomic E-state index is 13.6. The third kappa shape index (κ3) is 3.91. The number of rotatable bonds is 5. The zero-order valence-electron chi connectivity index (χ0n) is 18.4. The molecule has 0 spiro atoms. The van der Waals surface area contributed by atoms with Crippen molar-refractivity contribution in [1.82, 2.24) is 24.1 Å². The normalized spacial score (nSPS) is 10.9. The summed E-state index contributed by atoms with van der Waals surface area (Å²) in [6.07, 6.45) is 1.63. The molecule has 5 aromatic rings. The molecular formula is C24H19N7O4. The molecule has 0 unspecified atom stereocenters. The zero-order chi connectivity index (χ0) is 24.5. The Hall–Kier alpha value is -5.19. The van der Waals surface area contributed by atoms with E-state index in [9.17, 15) is 14.7 Å². The number of aromatic nitrogens is 5. The first-order chi connectivity index (χ1) is 16.9. The molecule has 11 heteroatoms. The third-order valence-corrected chi connectivity index (χ3v) is 5.34. The average Bonchev–Trinajstić information content (AvgIpc) is 3.17. The summed E-state index contributed by atoms with van der Waals surface area (Å²) in [5.41, 5.74) is 6.97. The van der Waals surface area contributed by atoms with E-state index in [0.717, 1.165) is 4.90 Å². The van der Waals surface area contributed by atoms with Gasteiger partial charge in [-0.3, -0.25) is 4.90 Å². The van der Waals surface area contributed by atoms with Crippen LogP contribution < -0.4 is 21.1 Å². The molecule has 174 valence electrons. The molecule has 3 N–H and O–H groups in total. The number of pyridine rings is 1. The van der Waals surface area contributed by atoms with Gasteiger partial charge >= 0.3 is 11.8 Å². The van der Waals surface area contributed by atoms with Crippen molar-refractivity contribution in [1.29, 1.82) is 0 Å². The lowest BCUT2D eigenvalue weighted by Crippen LogP contribution is -2.25. The van der Waals surface area contributed by atoms with Crippen molar-refractivity contribution in [2.24, 2.45) is 0 Å². The number of benzene rings is 2. The Morgan fingerprint density at radius 1 is 0.971 bits per heavy atom. The van der Waals surface area contributed by atoms with Crippen molar-refractivity contribution in [3.05, 3.63) is 89.7 Å². The van der Waals surface area contributed by atoms with Crippen molar-refractivity contribution >= 4 is 28.8 Å². The summed E-state index contributed by atoms with van der Waals surface area (Å²) in [5.74, 6) is 1.53. The Labute approximate surface area is 198 Å². The van der Waals surface area contributed by atoms with E-state index in [0.29, 0.717) is 28.7 Å². The third-order valence-electron chi connectivity index (χ3n) is 5.34. The second-order valence-electron chi connectivity index (χ2n) is 7.51. The van der Waals surface area contributed by atoms with E-state index >= 15 is 0 Å². The summed E-state index contributed by atoms with van der Waals surface area (Å²) >= 11 is 0. The topological polar surface area (TPSA) is 141 Å². The number of para-hydroxylation sites is 1. The van der Waals surface area contributed by atoms with Crippen molar-refractivity contribution in [2.75, 3.05) is 17.7 Å². The zero-order valence-corrected chi connectivity index (χ0v) is 18.4. The van der Waals surface area contributed by atoms with E-state index in [4.69, 9.17) is 10.5 Å². The van der Waals surface area contributed by atoms with Gasteiger partial charge in [-0.25, -0.2) is 33.7 Å². The van der Waals surface area contributed by atoms with Gasteiger partial charge < -0.3 is 15.6 Å². The van der Waals surface area contributed by atoms with Gasteiger partial charge in [0, 0.05) is 12.7 Å². The molecule has 0 fully saturated rings. The van der Waals surface area contributed by atoms with Crippen molar-refractivity contribution in [3.8, 4) is 23.0 Å². The number of imidazole rings is 1. The van der Waals surface area contributed by atoms with Gasteiger partial charge in [0.15, 0.2) is 11.5 Å². The van der Waals surface area contributed by atoms with Crippen LogP contribution in [0, 0.1) is 0 Å². The predicted molar refractivity (Wildman–Crippen MR) is 130 cm³/mol. The van der Waals surface area contributed by atoms with Gasteiger partial charge in [-0.15, -0.1) is 0 Å². The Morgan fingerprint density at radius 3 is 2.49 bits per heavy atom. The van der Waals surface area contributed by atoms with Gasteiger partial charge in [-0.2, -0.15) is 0 Å². The number of nitrogens with zero attached hydrogens (tertiary/aromatic N) is 6. The quantitative estimate of drug-likeness (QED) is 0.399. The number of fused-ring (bicyclic) bond motifs is 1. The van der Waals surface area contributed by atoms with E-state index in [-0.39, 0.29) is 17.0 Å². The number of nitrogens with two attached hydrogens (primary N) is 1. The Balaban J connectivity index is 1.63. The molecule has 11 nitrogen and oxygen atoms in total. The minimum Gasteiger partial charge on any atom is -0.465 e. The van der Waals surface area contributed by atoms with Crippen LogP contribution in [0.3, 0.4) is 0 Å². The molecule has 0 radical (unpaired) electrons. The summed E-state index contributed by atoms with van der Waals surface area (Å²) in [6, 6.07) is 19.1. The summed E-state index contributed by atoms with van der Waals surface area (Å²) < 4.78 is 8.43. The van der Waals surface area contributed by atoms with E-state index in [1.54, 1.807) is 36.4 Å². The smallest absolute Gasteiger partial charge is 0.411 e. The van der Waals surface area contributed by atoms with Crippen molar-refractivity contribution in [2.45, 2.75) is 0 Å². The molecule has 35 heavy (non-hydrogen) atoms. The highest BCUT2D eigenvalue weighted by molar-refractivity contribution is 5.87. The van der Waals surface area contributed by atoms with Crippen LogP contribution in [0.5, 0.6) is 11.5 Å². The maximum atomic E-state index is 13.6. The first-order valence-corrected chi connectivity index (χ1v) is 10.4. The SMILES string of the molecule is CN(C(=O)O)c1cccc(-n2c(=O)n(-c3ccc(Oc4ccccc4)cn3)c3c(N)ncnc32)c1. The number of nitrogen functional groups attached to an aromatic ring is 1. The minimum absolute atomic E-state index is 0.0936. The predicted octanol–water partition coefficient (Wildman–Crippen LogP) is 3.46. The van der Waals surface area contributed by atoms with Crippen molar-refractivity contribution < 1.29 is 14.6 Å². The lowest BCUT2D eigenvalue weighted by atomic mass is 10.2. The van der Waals surface area contributed by atoms with Crippen LogP contribution >= 0.6 is 0 Å². The average molecular weight is 469 g/mol. The Morgan fingerprint density at radius 2 is 1.77 bits per heavy atom. The molecule has 0 aliphatic carbocycles. The molecule has 0 aliphatic heterocycles. The molecular weight excluding hydrogens is 450 g/mol. The second-order valence-corrected chi connectivity index (χ2v) is 7.51. The number of carboxylic acid groups (broad SMARTS) is 1. The summed E-state index contributed by atoms with van der Waals surface area (Å²) in [6.45, 7) is 0. The maximum Gasteiger partial charge on any atom is 0.411 e. The van der Waals surface area contributed by atoms with Crippen LogP contribution in [0.15, 0.2) is 84.0 Å². The Bertz CT molecular complexity index is 1590. The van der Waals surface area contributed by atoms with Crippen molar-refractivity contribution in [3.63, 3.8) is 0 Å². The largest absolute Gasteiger partial charge is 0.465 e. The Kier molecular flexibility index (Phi) is 5.34. The van der Waals surface area contributed by atoms with Gasteiger partial charge in [-0.1, -0.05) is 24.3 Å². The van der Waals surface area contributed by atoms with E-state index in [2.05, 4.69) is 15.0 Å². The first kappa shape index (κ1) is 21.6. The van der Waals surface area contributed by atoms with E-state index in [1.807, 2.05) is 30.3 Å². The van der Waals surface area contributed by atoms with Crippen LogP contribution in [0.1, 0.15) is 0 Å². The van der Waals surface area contributed by atoms with Crippen LogP contribution in [-0.4, -0.2) is 42.3 Å². The first-order valence-electron chi connectivity index (χ1n) is 10.4. The fourth-order valence-corrected chi connectivity index (χ4v) is 3.63. The fraction of sp³-hybridized carbons (Fsp3) is 0.0417.